The van der Waals surface area contributed by atoms with Crippen molar-refractivity contribution in [2.24, 2.45) is 0 Å². The average molecular weight is 361 g/mol. The van der Waals surface area contributed by atoms with Crippen LogP contribution in [0.15, 0.2) is 39.9 Å². The summed E-state index contributed by atoms with van der Waals surface area (Å²) in [7, 11) is 4.10. The van der Waals surface area contributed by atoms with Crippen LogP contribution in [0.4, 0.5) is 0 Å². The van der Waals surface area contributed by atoms with Crippen molar-refractivity contribution >= 4 is 29.0 Å². The molecule has 0 spiro atoms. The second-order valence-corrected chi connectivity index (χ2v) is 8.24. The van der Waals surface area contributed by atoms with Crippen molar-refractivity contribution in [1.82, 2.24) is 10.2 Å². The van der Waals surface area contributed by atoms with E-state index in [0.29, 0.717) is 12.3 Å². The number of amides is 1. The van der Waals surface area contributed by atoms with E-state index in [1.165, 1.54) is 40.8 Å². The molecule has 1 aromatic carbocycles. The van der Waals surface area contributed by atoms with Crippen LogP contribution in [0.25, 0.3) is 0 Å². The molecule has 0 bridgehead atoms. The molecule has 128 valence electrons. The highest BCUT2D eigenvalue weighted by molar-refractivity contribution is 8.00. The lowest BCUT2D eigenvalue weighted by Crippen LogP contribution is -2.35. The van der Waals surface area contributed by atoms with Gasteiger partial charge in [0.15, 0.2) is 0 Å². The minimum absolute atomic E-state index is 0.0996. The molecular formula is C19H24N2OS2. The van der Waals surface area contributed by atoms with Crippen LogP contribution in [-0.2, 0) is 17.6 Å². The highest BCUT2D eigenvalue weighted by Crippen LogP contribution is 2.27. The third-order valence-corrected chi connectivity index (χ3v) is 6.18. The normalized spacial score (nSPS) is 14.6. The molecule has 1 aliphatic rings. The molecule has 3 rings (SSSR count). The first-order valence-corrected chi connectivity index (χ1v) is 10.3. The molecular weight excluding hydrogens is 336 g/mol. The SMILES string of the molecule is CN(C)C(CNC(=O)CSc1ccc2c(c1)CCC2)c1ccsc1. The highest BCUT2D eigenvalue weighted by Gasteiger charge is 2.16. The number of hydrogen-bond acceptors (Lipinski definition) is 4. The van der Waals surface area contributed by atoms with Crippen molar-refractivity contribution in [1.29, 1.82) is 0 Å². The van der Waals surface area contributed by atoms with Gasteiger partial charge >= 0.3 is 0 Å². The van der Waals surface area contributed by atoms with E-state index in [9.17, 15) is 4.79 Å². The Hall–Kier alpha value is -1.30. The number of fused-ring (bicyclic) bond motifs is 1. The van der Waals surface area contributed by atoms with Crippen molar-refractivity contribution < 1.29 is 4.79 Å². The third-order valence-electron chi connectivity index (χ3n) is 4.48. The molecule has 0 radical (unpaired) electrons. The quantitative estimate of drug-likeness (QED) is 0.763. The Morgan fingerprint density at radius 1 is 1.29 bits per heavy atom. The highest BCUT2D eigenvalue weighted by atomic mass is 32.2. The van der Waals surface area contributed by atoms with Gasteiger partial charge in [0.05, 0.1) is 11.8 Å². The molecule has 5 heteroatoms. The van der Waals surface area contributed by atoms with Crippen molar-refractivity contribution in [3.63, 3.8) is 0 Å². The summed E-state index contributed by atoms with van der Waals surface area (Å²) in [4.78, 5) is 15.5. The second kappa shape index (κ2) is 8.19. The van der Waals surface area contributed by atoms with E-state index in [1.807, 2.05) is 14.1 Å². The van der Waals surface area contributed by atoms with Crippen LogP contribution in [0.5, 0.6) is 0 Å². The Balaban J connectivity index is 1.49. The molecule has 24 heavy (non-hydrogen) atoms. The molecule has 0 saturated carbocycles. The summed E-state index contributed by atoms with van der Waals surface area (Å²) in [5, 5.41) is 7.31. The number of carbonyl (C=O) groups is 1. The first kappa shape index (κ1) is 17.5. The number of nitrogens with one attached hydrogen (secondary N) is 1. The Bertz CT molecular complexity index is 683. The predicted molar refractivity (Wildman–Crippen MR) is 103 cm³/mol. The molecule has 0 saturated heterocycles. The molecule has 0 aliphatic heterocycles. The van der Waals surface area contributed by atoms with Gasteiger partial charge in [0.1, 0.15) is 0 Å². The summed E-state index contributed by atoms with van der Waals surface area (Å²) in [5.41, 5.74) is 4.20. The van der Waals surface area contributed by atoms with Crippen molar-refractivity contribution in [2.75, 3.05) is 26.4 Å². The number of thiophene rings is 1. The zero-order chi connectivity index (χ0) is 16.9. The smallest absolute Gasteiger partial charge is 0.230 e. The number of nitrogens with zero attached hydrogens (tertiary/aromatic N) is 1. The van der Waals surface area contributed by atoms with Crippen LogP contribution < -0.4 is 5.32 Å². The number of rotatable bonds is 7. The molecule has 3 nitrogen and oxygen atoms in total. The van der Waals surface area contributed by atoms with Crippen molar-refractivity contribution in [3.8, 4) is 0 Å². The summed E-state index contributed by atoms with van der Waals surface area (Å²) >= 11 is 3.32. The van der Waals surface area contributed by atoms with E-state index in [-0.39, 0.29) is 11.9 Å². The monoisotopic (exact) mass is 360 g/mol. The van der Waals surface area contributed by atoms with Crippen molar-refractivity contribution in [2.45, 2.75) is 30.2 Å². The minimum atomic E-state index is 0.0996. The molecule has 2 aromatic rings. The largest absolute Gasteiger partial charge is 0.353 e. The summed E-state index contributed by atoms with van der Waals surface area (Å²) in [6.07, 6.45) is 3.65. The zero-order valence-electron chi connectivity index (χ0n) is 14.2. The summed E-state index contributed by atoms with van der Waals surface area (Å²) in [5.74, 6) is 0.574. The Labute approximate surface area is 152 Å². The van der Waals surface area contributed by atoms with Crippen LogP contribution in [0.2, 0.25) is 0 Å². The molecule has 0 fully saturated rings. The third kappa shape index (κ3) is 4.41. The predicted octanol–water partition coefficient (Wildman–Crippen LogP) is 3.75. The maximum Gasteiger partial charge on any atom is 0.230 e. The fourth-order valence-corrected chi connectivity index (χ4v) is 4.61. The molecule has 1 atom stereocenters. The second-order valence-electron chi connectivity index (χ2n) is 6.41. The van der Waals surface area contributed by atoms with E-state index in [2.05, 4.69) is 45.2 Å². The first-order valence-electron chi connectivity index (χ1n) is 8.33. The molecule has 1 aromatic heterocycles. The van der Waals surface area contributed by atoms with Gasteiger partial charge in [-0.05, 0) is 79.0 Å². The number of carbonyl (C=O) groups excluding carboxylic acids is 1. The Morgan fingerprint density at radius 2 is 2.12 bits per heavy atom. The number of likely N-dealkylation sites (N-methyl/N-ethyl adjacent to an activating group) is 1. The van der Waals surface area contributed by atoms with E-state index in [4.69, 9.17) is 0 Å². The van der Waals surface area contributed by atoms with E-state index in [0.717, 1.165) is 0 Å². The Morgan fingerprint density at radius 3 is 2.88 bits per heavy atom. The van der Waals surface area contributed by atoms with E-state index >= 15 is 0 Å². The molecule has 1 aliphatic carbocycles. The lowest BCUT2D eigenvalue weighted by molar-refractivity contribution is -0.118. The van der Waals surface area contributed by atoms with Crippen LogP contribution in [0, 0.1) is 0 Å². The number of thioether (sulfide) groups is 1. The number of benzene rings is 1. The average Bonchev–Trinajstić information content (AvgIpc) is 3.23. The lowest BCUT2D eigenvalue weighted by atomic mass is 10.1. The summed E-state index contributed by atoms with van der Waals surface area (Å²) in [6.45, 7) is 0.646. The number of aryl methyl sites for hydroxylation is 2. The molecule has 1 N–H and O–H groups in total. The van der Waals surface area contributed by atoms with Gasteiger partial charge in [-0.15, -0.1) is 11.8 Å². The number of hydrogen-bond donors (Lipinski definition) is 1. The van der Waals surface area contributed by atoms with Gasteiger partial charge in [0.25, 0.3) is 0 Å². The van der Waals surface area contributed by atoms with Gasteiger partial charge in [-0.2, -0.15) is 11.3 Å². The summed E-state index contributed by atoms with van der Waals surface area (Å²) in [6, 6.07) is 8.98. The van der Waals surface area contributed by atoms with Gasteiger partial charge in [-0.1, -0.05) is 6.07 Å². The van der Waals surface area contributed by atoms with Crippen LogP contribution in [0.1, 0.15) is 29.2 Å². The van der Waals surface area contributed by atoms with Crippen LogP contribution in [0.3, 0.4) is 0 Å². The van der Waals surface area contributed by atoms with Gasteiger partial charge in [0.2, 0.25) is 5.91 Å². The molecule has 1 heterocycles. The lowest BCUT2D eigenvalue weighted by Gasteiger charge is -2.24. The van der Waals surface area contributed by atoms with Crippen molar-refractivity contribution in [3.05, 3.63) is 51.7 Å². The topological polar surface area (TPSA) is 32.3 Å². The van der Waals surface area contributed by atoms with Crippen LogP contribution in [-0.4, -0.2) is 37.2 Å². The fraction of sp³-hybridized carbons (Fsp3) is 0.421. The van der Waals surface area contributed by atoms with Gasteiger partial charge in [-0.25, -0.2) is 0 Å². The van der Waals surface area contributed by atoms with Gasteiger partial charge < -0.3 is 10.2 Å². The maximum atomic E-state index is 12.2. The fourth-order valence-electron chi connectivity index (χ4n) is 3.11. The molecule has 1 amide bonds. The summed E-state index contributed by atoms with van der Waals surface area (Å²) < 4.78 is 0. The van der Waals surface area contributed by atoms with E-state index < -0.39 is 0 Å². The Kier molecular flexibility index (Phi) is 5.98. The molecule has 1 unspecified atom stereocenters. The zero-order valence-corrected chi connectivity index (χ0v) is 15.9. The maximum absolute atomic E-state index is 12.2. The van der Waals surface area contributed by atoms with Crippen LogP contribution >= 0.6 is 23.1 Å². The standard InChI is InChI=1S/C19H24N2OS2/c1-21(2)18(16-8-9-23-12-16)11-20-19(22)13-24-17-7-6-14-4-3-5-15(14)10-17/h6-10,12,18H,3-5,11,13H2,1-2H3,(H,20,22). The minimum Gasteiger partial charge on any atom is -0.353 e. The first-order chi connectivity index (χ1) is 11.6. The van der Waals surface area contributed by atoms with Gasteiger partial charge in [-0.3, -0.25) is 4.79 Å². The van der Waals surface area contributed by atoms with E-state index in [1.54, 1.807) is 23.1 Å². The van der Waals surface area contributed by atoms with Gasteiger partial charge in [0, 0.05) is 11.4 Å².